The number of carbonyl (C=O) groups excluding carboxylic acids is 2. The molecule has 0 radical (unpaired) electrons. The Labute approximate surface area is 178 Å². The van der Waals surface area contributed by atoms with Crippen molar-refractivity contribution in [2.45, 2.75) is 58.1 Å². The lowest BCUT2D eigenvalue weighted by Gasteiger charge is -2.33. The van der Waals surface area contributed by atoms with Crippen LogP contribution in [0.5, 0.6) is 0 Å². The van der Waals surface area contributed by atoms with Gasteiger partial charge < -0.3 is 24.6 Å². The molecule has 0 saturated carbocycles. The maximum atomic E-state index is 12.4. The van der Waals surface area contributed by atoms with Gasteiger partial charge in [-0.3, -0.25) is 4.79 Å². The number of nitrogens with zero attached hydrogens (tertiary/aromatic N) is 3. The maximum absolute atomic E-state index is 12.4. The van der Waals surface area contributed by atoms with E-state index < -0.39 is 5.60 Å². The Bertz CT molecular complexity index is 720. The summed E-state index contributed by atoms with van der Waals surface area (Å²) in [6.07, 6.45) is 4.16. The molecule has 2 aliphatic heterocycles. The van der Waals surface area contributed by atoms with E-state index in [1.165, 1.54) is 0 Å². The average Bonchev–Trinajstić information content (AvgIpc) is 2.72. The molecule has 8 heteroatoms. The number of rotatable bonds is 5. The van der Waals surface area contributed by atoms with Crippen molar-refractivity contribution in [2.75, 3.05) is 44.3 Å². The minimum Gasteiger partial charge on any atom is -0.444 e. The lowest BCUT2D eigenvalue weighted by atomic mass is 10.0. The van der Waals surface area contributed by atoms with E-state index in [1.54, 1.807) is 4.90 Å². The summed E-state index contributed by atoms with van der Waals surface area (Å²) in [5, 5.41) is 3.11. The van der Waals surface area contributed by atoms with Crippen LogP contribution in [0.3, 0.4) is 0 Å². The SMILES string of the molecule is CC(C)(C)OC(=O)N1CCC(NC(=O)CCc2ccnc(N3CCOCC3)c2)CC1. The summed E-state index contributed by atoms with van der Waals surface area (Å²) in [6.45, 7) is 9.94. The van der Waals surface area contributed by atoms with E-state index in [0.29, 0.717) is 25.9 Å². The van der Waals surface area contributed by atoms with E-state index in [2.05, 4.69) is 21.3 Å². The van der Waals surface area contributed by atoms with Gasteiger partial charge >= 0.3 is 6.09 Å². The maximum Gasteiger partial charge on any atom is 0.410 e. The quantitative estimate of drug-likeness (QED) is 0.790. The van der Waals surface area contributed by atoms with Crippen LogP contribution in [0.4, 0.5) is 10.6 Å². The molecule has 0 atom stereocenters. The number of amides is 2. The number of nitrogens with one attached hydrogen (secondary N) is 1. The van der Waals surface area contributed by atoms with Gasteiger partial charge in [0.25, 0.3) is 0 Å². The van der Waals surface area contributed by atoms with Crippen molar-refractivity contribution in [1.29, 1.82) is 0 Å². The van der Waals surface area contributed by atoms with Gasteiger partial charge in [0.05, 0.1) is 13.2 Å². The lowest BCUT2D eigenvalue weighted by molar-refractivity contribution is -0.122. The molecule has 3 rings (SSSR count). The van der Waals surface area contributed by atoms with Crippen molar-refractivity contribution in [3.8, 4) is 0 Å². The number of ether oxygens (including phenoxy) is 2. The van der Waals surface area contributed by atoms with E-state index in [0.717, 1.165) is 50.5 Å². The molecule has 0 aromatic carbocycles. The number of aromatic nitrogens is 1. The van der Waals surface area contributed by atoms with E-state index in [1.807, 2.05) is 33.0 Å². The summed E-state index contributed by atoms with van der Waals surface area (Å²) in [6, 6.07) is 4.15. The molecule has 0 spiro atoms. The first-order valence-electron chi connectivity index (χ1n) is 10.8. The van der Waals surface area contributed by atoms with Crippen LogP contribution in [-0.4, -0.2) is 72.9 Å². The summed E-state index contributed by atoms with van der Waals surface area (Å²) in [5.74, 6) is 1.00. The molecule has 2 fully saturated rings. The fraction of sp³-hybridized carbons (Fsp3) is 0.682. The Morgan fingerprint density at radius 1 is 1.20 bits per heavy atom. The minimum absolute atomic E-state index is 0.0513. The molecule has 0 aliphatic carbocycles. The molecule has 8 nitrogen and oxygen atoms in total. The molecular formula is C22H34N4O4. The number of aryl methyl sites for hydroxylation is 1. The van der Waals surface area contributed by atoms with Crippen LogP contribution >= 0.6 is 0 Å². The molecule has 166 valence electrons. The Kier molecular flexibility index (Phi) is 7.53. The van der Waals surface area contributed by atoms with Gasteiger partial charge in [-0.2, -0.15) is 0 Å². The number of hydrogen-bond acceptors (Lipinski definition) is 6. The van der Waals surface area contributed by atoms with Crippen molar-refractivity contribution < 1.29 is 19.1 Å². The smallest absolute Gasteiger partial charge is 0.410 e. The Hall–Kier alpha value is -2.35. The van der Waals surface area contributed by atoms with Gasteiger partial charge in [-0.25, -0.2) is 9.78 Å². The summed E-state index contributed by atoms with van der Waals surface area (Å²) in [5.41, 5.74) is 0.623. The Morgan fingerprint density at radius 2 is 1.90 bits per heavy atom. The first-order chi connectivity index (χ1) is 14.3. The number of carbonyl (C=O) groups is 2. The number of piperidine rings is 1. The summed E-state index contributed by atoms with van der Waals surface area (Å²) >= 11 is 0. The van der Waals surface area contributed by atoms with Crippen LogP contribution in [0.2, 0.25) is 0 Å². The zero-order chi connectivity index (χ0) is 21.6. The summed E-state index contributed by atoms with van der Waals surface area (Å²) < 4.78 is 10.8. The van der Waals surface area contributed by atoms with E-state index >= 15 is 0 Å². The number of morpholine rings is 1. The second kappa shape index (κ2) is 10.1. The highest BCUT2D eigenvalue weighted by atomic mass is 16.6. The van der Waals surface area contributed by atoms with Crippen LogP contribution in [0.1, 0.15) is 45.6 Å². The highest BCUT2D eigenvalue weighted by molar-refractivity contribution is 5.76. The molecule has 2 amide bonds. The standard InChI is InChI=1S/C22H34N4O4/c1-22(2,3)30-21(28)26-10-7-18(8-11-26)24-20(27)5-4-17-6-9-23-19(16-17)25-12-14-29-15-13-25/h6,9,16,18H,4-5,7-8,10-15H2,1-3H3,(H,24,27). The molecule has 3 heterocycles. The molecule has 1 N–H and O–H groups in total. The first kappa shape index (κ1) is 22.3. The number of hydrogen-bond donors (Lipinski definition) is 1. The van der Waals surface area contributed by atoms with E-state index in [-0.39, 0.29) is 18.0 Å². The zero-order valence-electron chi connectivity index (χ0n) is 18.4. The second-order valence-electron chi connectivity index (χ2n) is 8.93. The third-order valence-corrected chi connectivity index (χ3v) is 5.30. The Balaban J connectivity index is 1.40. The largest absolute Gasteiger partial charge is 0.444 e. The van der Waals surface area contributed by atoms with Gasteiger partial charge in [0.15, 0.2) is 0 Å². The number of likely N-dealkylation sites (tertiary alicyclic amines) is 1. The second-order valence-corrected chi connectivity index (χ2v) is 8.93. The fourth-order valence-electron chi connectivity index (χ4n) is 3.67. The molecule has 1 aromatic heterocycles. The van der Waals surface area contributed by atoms with Gasteiger partial charge in [-0.05, 0) is 57.7 Å². The predicted octanol–water partition coefficient (Wildman–Crippen LogP) is 2.37. The van der Waals surface area contributed by atoms with Crippen molar-refractivity contribution >= 4 is 17.8 Å². The topological polar surface area (TPSA) is 84.0 Å². The van der Waals surface area contributed by atoms with E-state index in [9.17, 15) is 9.59 Å². The summed E-state index contributed by atoms with van der Waals surface area (Å²) in [7, 11) is 0. The van der Waals surface area contributed by atoms with Crippen LogP contribution < -0.4 is 10.2 Å². The fourth-order valence-corrected chi connectivity index (χ4v) is 3.67. The van der Waals surface area contributed by atoms with Crippen molar-refractivity contribution in [3.05, 3.63) is 23.9 Å². The monoisotopic (exact) mass is 418 g/mol. The zero-order valence-corrected chi connectivity index (χ0v) is 18.4. The third kappa shape index (κ3) is 6.86. The van der Waals surface area contributed by atoms with Gasteiger partial charge in [0.1, 0.15) is 11.4 Å². The van der Waals surface area contributed by atoms with Crippen molar-refractivity contribution in [1.82, 2.24) is 15.2 Å². The first-order valence-corrected chi connectivity index (χ1v) is 10.8. The molecular weight excluding hydrogens is 384 g/mol. The van der Waals surface area contributed by atoms with Gasteiger partial charge in [0.2, 0.25) is 5.91 Å². The van der Waals surface area contributed by atoms with Crippen LogP contribution in [0.25, 0.3) is 0 Å². The minimum atomic E-state index is -0.489. The van der Waals surface area contributed by atoms with Gasteiger partial charge in [-0.1, -0.05) is 0 Å². The highest BCUT2D eigenvalue weighted by Crippen LogP contribution is 2.17. The van der Waals surface area contributed by atoms with Crippen LogP contribution in [-0.2, 0) is 20.7 Å². The van der Waals surface area contributed by atoms with Crippen molar-refractivity contribution in [2.24, 2.45) is 0 Å². The third-order valence-electron chi connectivity index (χ3n) is 5.30. The lowest BCUT2D eigenvalue weighted by Crippen LogP contribution is -2.47. The normalized spacial score (nSPS) is 18.2. The van der Waals surface area contributed by atoms with Crippen LogP contribution in [0, 0.1) is 0 Å². The number of anilines is 1. The molecule has 0 unspecified atom stereocenters. The van der Waals surface area contributed by atoms with Gasteiger partial charge in [-0.15, -0.1) is 0 Å². The van der Waals surface area contributed by atoms with E-state index in [4.69, 9.17) is 9.47 Å². The molecule has 1 aromatic rings. The number of pyridine rings is 1. The molecule has 30 heavy (non-hydrogen) atoms. The van der Waals surface area contributed by atoms with Crippen LogP contribution in [0.15, 0.2) is 18.3 Å². The highest BCUT2D eigenvalue weighted by Gasteiger charge is 2.27. The summed E-state index contributed by atoms with van der Waals surface area (Å²) in [4.78, 5) is 32.9. The predicted molar refractivity (Wildman–Crippen MR) is 115 cm³/mol. The van der Waals surface area contributed by atoms with Crippen molar-refractivity contribution in [3.63, 3.8) is 0 Å². The van der Waals surface area contributed by atoms with Gasteiger partial charge in [0, 0.05) is 44.8 Å². The molecule has 0 bridgehead atoms. The molecule has 2 saturated heterocycles. The average molecular weight is 419 g/mol. The molecule has 2 aliphatic rings. The Morgan fingerprint density at radius 3 is 2.57 bits per heavy atom.